The zero-order chi connectivity index (χ0) is 12.5. The average molecular weight is 230 g/mol. The summed E-state index contributed by atoms with van der Waals surface area (Å²) in [5.41, 5.74) is 0. The molecule has 0 rings (SSSR count). The number of carboxylic acid groups (broad SMARTS) is 2. The molecule has 90 valence electrons. The van der Waals surface area contributed by atoms with E-state index in [0.29, 0.717) is 6.42 Å². The molecule has 0 amide bonds. The summed E-state index contributed by atoms with van der Waals surface area (Å²) in [4.78, 5) is 18.8. The second-order valence-corrected chi connectivity index (χ2v) is 2.65. The van der Waals surface area contributed by atoms with Crippen molar-refractivity contribution in [1.29, 1.82) is 0 Å². The molecule has 0 atom stereocenters. The molecule has 0 fully saturated rings. The molecule has 0 heterocycles. The molecular formula is C8H13F3O4. The minimum atomic E-state index is -5.08. The van der Waals surface area contributed by atoms with Crippen LogP contribution in [-0.4, -0.2) is 28.3 Å². The second kappa shape index (κ2) is 8.07. The van der Waals surface area contributed by atoms with Crippen LogP contribution < -0.4 is 0 Å². The number of alkyl halides is 3. The maximum Gasteiger partial charge on any atom is 0.490 e. The first-order valence-corrected chi connectivity index (χ1v) is 4.23. The highest BCUT2D eigenvalue weighted by molar-refractivity contribution is 5.73. The highest BCUT2D eigenvalue weighted by Crippen LogP contribution is 2.13. The minimum absolute atomic E-state index is 0.327. The van der Waals surface area contributed by atoms with Gasteiger partial charge in [-0.15, -0.1) is 0 Å². The van der Waals surface area contributed by atoms with Crippen molar-refractivity contribution in [3.8, 4) is 0 Å². The fourth-order valence-electron chi connectivity index (χ4n) is 0.526. The van der Waals surface area contributed by atoms with Crippen molar-refractivity contribution in [2.75, 3.05) is 0 Å². The van der Waals surface area contributed by atoms with Crippen molar-refractivity contribution in [3.05, 3.63) is 0 Å². The minimum Gasteiger partial charge on any atom is -0.481 e. The topological polar surface area (TPSA) is 74.6 Å². The molecule has 0 unspecified atom stereocenters. The fraction of sp³-hybridized carbons (Fsp3) is 0.750. The van der Waals surface area contributed by atoms with Crippen molar-refractivity contribution >= 4 is 11.9 Å². The molecule has 0 aliphatic rings. The predicted molar refractivity (Wildman–Crippen MR) is 45.5 cm³/mol. The summed E-state index contributed by atoms with van der Waals surface area (Å²) in [5.74, 6) is -3.44. The van der Waals surface area contributed by atoms with Crippen molar-refractivity contribution in [1.82, 2.24) is 0 Å². The van der Waals surface area contributed by atoms with E-state index < -0.39 is 18.1 Å². The maximum absolute atomic E-state index is 10.6. The number of hydrogen-bond acceptors (Lipinski definition) is 2. The van der Waals surface area contributed by atoms with Crippen LogP contribution in [-0.2, 0) is 9.59 Å². The van der Waals surface area contributed by atoms with E-state index in [2.05, 4.69) is 6.92 Å². The van der Waals surface area contributed by atoms with E-state index >= 15 is 0 Å². The van der Waals surface area contributed by atoms with Gasteiger partial charge in [0, 0.05) is 6.42 Å². The summed E-state index contributed by atoms with van der Waals surface area (Å²) in [5, 5.41) is 15.3. The highest BCUT2D eigenvalue weighted by atomic mass is 19.4. The molecular weight excluding hydrogens is 217 g/mol. The van der Waals surface area contributed by atoms with E-state index in [0.717, 1.165) is 19.3 Å². The van der Waals surface area contributed by atoms with Gasteiger partial charge in [-0.1, -0.05) is 19.8 Å². The Bertz CT molecular complexity index is 201. The number of halogens is 3. The number of unbranched alkanes of at least 4 members (excludes halogenated alkanes) is 2. The Hall–Kier alpha value is -1.27. The average Bonchev–Trinajstić information content (AvgIpc) is 2.03. The maximum atomic E-state index is 10.6. The third-order valence-corrected chi connectivity index (χ3v) is 1.24. The lowest BCUT2D eigenvalue weighted by atomic mass is 10.2. The molecule has 0 saturated carbocycles. The fourth-order valence-corrected chi connectivity index (χ4v) is 0.526. The van der Waals surface area contributed by atoms with E-state index in [-0.39, 0.29) is 0 Å². The molecule has 0 aromatic rings. The molecule has 2 N–H and O–H groups in total. The van der Waals surface area contributed by atoms with Gasteiger partial charge in [0.1, 0.15) is 0 Å². The second-order valence-electron chi connectivity index (χ2n) is 2.65. The van der Waals surface area contributed by atoms with Gasteiger partial charge >= 0.3 is 18.1 Å². The standard InChI is InChI=1S/C6H12O2.C2HF3O2/c1-2-3-4-5-6(7)8;3-2(4,5)1(6)7/h2-5H2,1H3,(H,7,8);(H,6,7). The van der Waals surface area contributed by atoms with Crippen molar-refractivity contribution in [3.63, 3.8) is 0 Å². The van der Waals surface area contributed by atoms with Gasteiger partial charge in [-0.05, 0) is 6.42 Å². The number of aliphatic carboxylic acids is 2. The molecule has 0 aliphatic heterocycles. The summed E-state index contributed by atoms with van der Waals surface area (Å²) >= 11 is 0. The lowest BCUT2D eigenvalue weighted by Crippen LogP contribution is -2.21. The van der Waals surface area contributed by atoms with Crippen LogP contribution in [0.2, 0.25) is 0 Å². The SMILES string of the molecule is CCCCCC(=O)O.O=C(O)C(F)(F)F. The van der Waals surface area contributed by atoms with Crippen LogP contribution >= 0.6 is 0 Å². The largest absolute Gasteiger partial charge is 0.490 e. The van der Waals surface area contributed by atoms with E-state index in [1.54, 1.807) is 0 Å². The summed E-state index contributed by atoms with van der Waals surface area (Å²) in [6.07, 6.45) is -1.81. The summed E-state index contributed by atoms with van der Waals surface area (Å²) in [6, 6.07) is 0. The van der Waals surface area contributed by atoms with Crippen LogP contribution in [0.3, 0.4) is 0 Å². The number of carbonyl (C=O) groups is 2. The van der Waals surface area contributed by atoms with Crippen LogP contribution in [0.5, 0.6) is 0 Å². The first-order chi connectivity index (χ1) is 6.71. The Morgan fingerprint density at radius 2 is 1.53 bits per heavy atom. The smallest absolute Gasteiger partial charge is 0.481 e. The van der Waals surface area contributed by atoms with Crippen LogP contribution in [0.4, 0.5) is 13.2 Å². The van der Waals surface area contributed by atoms with Gasteiger partial charge in [-0.3, -0.25) is 4.79 Å². The molecule has 15 heavy (non-hydrogen) atoms. The lowest BCUT2D eigenvalue weighted by molar-refractivity contribution is -0.192. The van der Waals surface area contributed by atoms with Gasteiger partial charge in [0.2, 0.25) is 0 Å². The molecule has 0 saturated heterocycles. The lowest BCUT2D eigenvalue weighted by Gasteiger charge is -1.93. The molecule has 0 radical (unpaired) electrons. The van der Waals surface area contributed by atoms with Crippen molar-refractivity contribution < 1.29 is 33.0 Å². The number of rotatable bonds is 4. The van der Waals surface area contributed by atoms with Crippen LogP contribution in [0.15, 0.2) is 0 Å². The van der Waals surface area contributed by atoms with Gasteiger partial charge in [-0.2, -0.15) is 13.2 Å². The summed E-state index contributed by atoms with van der Waals surface area (Å²) < 4.78 is 31.7. The molecule has 0 spiro atoms. The first-order valence-electron chi connectivity index (χ1n) is 4.23. The Balaban J connectivity index is 0. The highest BCUT2D eigenvalue weighted by Gasteiger charge is 2.38. The van der Waals surface area contributed by atoms with E-state index in [1.807, 2.05) is 0 Å². The Kier molecular flexibility index (Phi) is 8.70. The van der Waals surface area contributed by atoms with Crippen LogP contribution in [0.25, 0.3) is 0 Å². The van der Waals surface area contributed by atoms with Gasteiger partial charge in [0.15, 0.2) is 0 Å². The summed E-state index contributed by atoms with van der Waals surface area (Å²) in [6.45, 7) is 2.06. The third-order valence-electron chi connectivity index (χ3n) is 1.24. The quantitative estimate of drug-likeness (QED) is 0.726. The van der Waals surface area contributed by atoms with E-state index in [4.69, 9.17) is 15.0 Å². The van der Waals surface area contributed by atoms with Gasteiger partial charge in [-0.25, -0.2) is 4.79 Å². The first kappa shape index (κ1) is 16.2. The van der Waals surface area contributed by atoms with Gasteiger partial charge < -0.3 is 10.2 Å². The number of hydrogen-bond donors (Lipinski definition) is 2. The normalized spacial score (nSPS) is 10.1. The zero-order valence-electron chi connectivity index (χ0n) is 8.17. The molecule has 0 bridgehead atoms. The van der Waals surface area contributed by atoms with E-state index in [1.165, 1.54) is 0 Å². The predicted octanol–water partition coefficient (Wildman–Crippen LogP) is 2.28. The van der Waals surface area contributed by atoms with Gasteiger partial charge in [0.05, 0.1) is 0 Å². The Labute approximate surface area is 84.7 Å². The molecule has 0 aromatic carbocycles. The van der Waals surface area contributed by atoms with Crippen molar-refractivity contribution in [2.24, 2.45) is 0 Å². The van der Waals surface area contributed by atoms with Crippen molar-refractivity contribution in [2.45, 2.75) is 38.8 Å². The van der Waals surface area contributed by atoms with Gasteiger partial charge in [0.25, 0.3) is 0 Å². The number of carboxylic acids is 2. The monoisotopic (exact) mass is 230 g/mol. The van der Waals surface area contributed by atoms with Crippen LogP contribution in [0, 0.1) is 0 Å². The summed E-state index contributed by atoms with van der Waals surface area (Å²) in [7, 11) is 0. The molecule has 4 nitrogen and oxygen atoms in total. The van der Waals surface area contributed by atoms with E-state index in [9.17, 15) is 18.0 Å². The molecule has 7 heteroatoms. The zero-order valence-corrected chi connectivity index (χ0v) is 8.17. The third kappa shape index (κ3) is 15.5. The van der Waals surface area contributed by atoms with Crippen LogP contribution in [0.1, 0.15) is 32.6 Å². The molecule has 0 aliphatic carbocycles. The Morgan fingerprint density at radius 1 is 1.13 bits per heavy atom. The molecule has 0 aromatic heterocycles. The Morgan fingerprint density at radius 3 is 1.73 bits per heavy atom.